The van der Waals surface area contributed by atoms with Gasteiger partial charge in [0.15, 0.2) is 5.76 Å². The van der Waals surface area contributed by atoms with E-state index in [4.69, 9.17) is 9.15 Å². The normalized spacial score (nSPS) is 19.9. The number of carbonyl (C=O) groups is 1. The Labute approximate surface area is 95.6 Å². The molecular weight excluding hydrogens is 230 g/mol. The Bertz CT molecular complexity index is 481. The van der Waals surface area contributed by atoms with E-state index in [-0.39, 0.29) is 17.7 Å². The number of rotatable bonds is 3. The van der Waals surface area contributed by atoms with Crippen LogP contribution in [-0.4, -0.2) is 34.9 Å². The lowest BCUT2D eigenvalue weighted by Gasteiger charge is -2.02. The second-order valence-corrected chi connectivity index (χ2v) is 3.45. The molecule has 0 spiro atoms. The first-order valence-electron chi connectivity index (χ1n) is 4.82. The third-order valence-electron chi connectivity index (χ3n) is 2.06. The van der Waals surface area contributed by atoms with Gasteiger partial charge in [-0.1, -0.05) is 0 Å². The van der Waals surface area contributed by atoms with Gasteiger partial charge in [-0.25, -0.2) is 4.79 Å². The zero-order valence-corrected chi connectivity index (χ0v) is 8.90. The van der Waals surface area contributed by atoms with Gasteiger partial charge in [0.1, 0.15) is 11.0 Å². The van der Waals surface area contributed by atoms with Crippen molar-refractivity contribution in [1.29, 1.82) is 0 Å². The molecule has 1 saturated heterocycles. The number of carbonyl (C=O) groups excluding carboxylic acids is 1. The molecule has 1 aromatic rings. The van der Waals surface area contributed by atoms with Crippen LogP contribution in [0.25, 0.3) is 0 Å². The second kappa shape index (κ2) is 4.24. The molecule has 8 nitrogen and oxygen atoms in total. The van der Waals surface area contributed by atoms with Crippen molar-refractivity contribution in [2.24, 2.45) is 5.10 Å². The lowest BCUT2D eigenvalue weighted by atomic mass is 10.4. The highest BCUT2D eigenvalue weighted by Crippen LogP contribution is 2.15. The number of amides is 1. The summed E-state index contributed by atoms with van der Waals surface area (Å²) in [6.45, 7) is 2.09. The minimum absolute atomic E-state index is 0.198. The molecule has 1 aliphatic rings. The van der Waals surface area contributed by atoms with Crippen LogP contribution in [0, 0.1) is 10.1 Å². The van der Waals surface area contributed by atoms with Crippen molar-refractivity contribution < 1.29 is 18.9 Å². The number of furan rings is 1. The molecule has 0 N–H and O–H groups in total. The summed E-state index contributed by atoms with van der Waals surface area (Å²) in [7, 11) is 0. The molecule has 90 valence electrons. The first kappa shape index (κ1) is 11.1. The van der Waals surface area contributed by atoms with E-state index < -0.39 is 11.0 Å². The van der Waals surface area contributed by atoms with Gasteiger partial charge in [-0.2, -0.15) is 10.1 Å². The molecule has 1 atom stereocenters. The molecule has 0 unspecified atom stereocenters. The van der Waals surface area contributed by atoms with Gasteiger partial charge < -0.3 is 9.15 Å². The lowest BCUT2D eigenvalue weighted by Crippen LogP contribution is -2.18. The van der Waals surface area contributed by atoms with Crippen LogP contribution >= 0.6 is 0 Å². The van der Waals surface area contributed by atoms with E-state index in [1.165, 1.54) is 18.3 Å². The van der Waals surface area contributed by atoms with Crippen molar-refractivity contribution >= 4 is 18.2 Å². The summed E-state index contributed by atoms with van der Waals surface area (Å²) in [4.78, 5) is 20.9. The fourth-order valence-electron chi connectivity index (χ4n) is 1.32. The maximum atomic E-state index is 11.2. The van der Waals surface area contributed by atoms with E-state index >= 15 is 0 Å². The van der Waals surface area contributed by atoms with Crippen LogP contribution in [0.3, 0.4) is 0 Å². The molecule has 0 bridgehead atoms. The van der Waals surface area contributed by atoms with Gasteiger partial charge in [-0.05, 0) is 13.0 Å². The molecule has 0 aromatic carbocycles. The molecule has 1 aliphatic heterocycles. The number of nitrogens with zero attached hydrogens (tertiary/aromatic N) is 3. The molecule has 2 rings (SSSR count). The highest BCUT2D eigenvalue weighted by Gasteiger charge is 2.27. The molecule has 0 aliphatic carbocycles. The zero-order chi connectivity index (χ0) is 12.4. The van der Waals surface area contributed by atoms with Crippen molar-refractivity contribution in [3.63, 3.8) is 0 Å². The summed E-state index contributed by atoms with van der Waals surface area (Å²) in [6, 6.07) is 2.61. The van der Waals surface area contributed by atoms with Crippen LogP contribution in [0.4, 0.5) is 10.7 Å². The molecule has 1 fully saturated rings. The molecule has 17 heavy (non-hydrogen) atoms. The van der Waals surface area contributed by atoms with Gasteiger partial charge >= 0.3 is 12.0 Å². The van der Waals surface area contributed by atoms with Gasteiger partial charge in [-0.3, -0.25) is 10.1 Å². The smallest absolute Gasteiger partial charge is 0.433 e. The quantitative estimate of drug-likeness (QED) is 0.450. The molecule has 8 heteroatoms. The van der Waals surface area contributed by atoms with E-state index in [0.29, 0.717) is 6.54 Å². The monoisotopic (exact) mass is 239 g/mol. The maximum Gasteiger partial charge on any atom is 0.433 e. The lowest BCUT2D eigenvalue weighted by molar-refractivity contribution is -0.402. The standard InChI is InChI=1S/C9H9N3O5/c1-6-5-11(9(13)16-6)10-4-7-2-3-8(17-7)12(14)15/h2-4,6H,5H2,1H3/b10-4-/t6-/m0/s1. The average molecular weight is 239 g/mol. The predicted molar refractivity (Wildman–Crippen MR) is 55.6 cm³/mol. The van der Waals surface area contributed by atoms with Crippen molar-refractivity contribution in [3.8, 4) is 0 Å². The SMILES string of the molecule is C[C@H]1CN(/N=C\c2ccc([N+](=O)[O-])o2)C(=O)O1. The Hall–Kier alpha value is -2.38. The molecule has 0 saturated carbocycles. The van der Waals surface area contributed by atoms with Crippen LogP contribution in [0.15, 0.2) is 21.7 Å². The van der Waals surface area contributed by atoms with E-state index in [1.54, 1.807) is 6.92 Å². The summed E-state index contributed by atoms with van der Waals surface area (Å²) < 4.78 is 9.68. The van der Waals surface area contributed by atoms with Crippen LogP contribution in [0.1, 0.15) is 12.7 Å². The Balaban J connectivity index is 2.05. The van der Waals surface area contributed by atoms with Crippen LogP contribution < -0.4 is 0 Å². The van der Waals surface area contributed by atoms with Gasteiger partial charge in [0.25, 0.3) is 0 Å². The summed E-state index contributed by atoms with van der Waals surface area (Å²) in [5.74, 6) is -0.173. The Morgan fingerprint density at radius 3 is 2.94 bits per heavy atom. The Morgan fingerprint density at radius 1 is 1.65 bits per heavy atom. The predicted octanol–water partition coefficient (Wildman–Crippen LogP) is 1.36. The van der Waals surface area contributed by atoms with Gasteiger partial charge in [-0.15, -0.1) is 0 Å². The number of nitro groups is 1. The first-order valence-corrected chi connectivity index (χ1v) is 4.82. The third-order valence-corrected chi connectivity index (χ3v) is 2.06. The molecule has 1 amide bonds. The Kier molecular flexibility index (Phi) is 2.77. The number of ether oxygens (including phenoxy) is 1. The highest BCUT2D eigenvalue weighted by molar-refractivity contribution is 5.78. The maximum absolute atomic E-state index is 11.2. The number of cyclic esters (lactones) is 1. The molecule has 2 heterocycles. The van der Waals surface area contributed by atoms with E-state index in [9.17, 15) is 14.9 Å². The summed E-state index contributed by atoms with van der Waals surface area (Å²) in [5.41, 5.74) is 0. The molecular formula is C9H9N3O5. The highest BCUT2D eigenvalue weighted by atomic mass is 16.6. The first-order chi connectivity index (χ1) is 8.06. The molecule has 1 aromatic heterocycles. The van der Waals surface area contributed by atoms with E-state index in [2.05, 4.69) is 5.10 Å². The van der Waals surface area contributed by atoms with Gasteiger partial charge in [0.05, 0.1) is 18.8 Å². The summed E-state index contributed by atoms with van der Waals surface area (Å²) in [5, 5.41) is 15.3. The Morgan fingerprint density at radius 2 is 2.41 bits per heavy atom. The zero-order valence-electron chi connectivity index (χ0n) is 8.90. The summed E-state index contributed by atoms with van der Waals surface area (Å²) in [6.07, 6.45) is 0.465. The fraction of sp³-hybridized carbons (Fsp3) is 0.333. The van der Waals surface area contributed by atoms with Crippen LogP contribution in [-0.2, 0) is 4.74 Å². The fourth-order valence-corrected chi connectivity index (χ4v) is 1.32. The number of hydrogen-bond acceptors (Lipinski definition) is 6. The third kappa shape index (κ3) is 2.41. The number of hydrazone groups is 1. The van der Waals surface area contributed by atoms with Gasteiger partial charge in [0, 0.05) is 0 Å². The largest absolute Gasteiger partial charge is 0.443 e. The number of hydrogen-bond donors (Lipinski definition) is 0. The average Bonchev–Trinajstić information content (AvgIpc) is 2.82. The van der Waals surface area contributed by atoms with Crippen molar-refractivity contribution in [2.75, 3.05) is 6.54 Å². The van der Waals surface area contributed by atoms with E-state index in [1.807, 2.05) is 0 Å². The second-order valence-electron chi connectivity index (χ2n) is 3.45. The minimum atomic E-state index is -0.649. The van der Waals surface area contributed by atoms with Crippen LogP contribution in [0.5, 0.6) is 0 Å². The van der Waals surface area contributed by atoms with Crippen molar-refractivity contribution in [1.82, 2.24) is 5.01 Å². The van der Waals surface area contributed by atoms with Crippen molar-refractivity contribution in [3.05, 3.63) is 28.0 Å². The van der Waals surface area contributed by atoms with Crippen molar-refractivity contribution in [2.45, 2.75) is 13.0 Å². The minimum Gasteiger partial charge on any atom is -0.443 e. The van der Waals surface area contributed by atoms with E-state index in [0.717, 1.165) is 5.01 Å². The van der Waals surface area contributed by atoms with Gasteiger partial charge in [0.2, 0.25) is 0 Å². The molecule has 0 radical (unpaired) electrons. The summed E-state index contributed by atoms with van der Waals surface area (Å²) >= 11 is 0. The topological polar surface area (TPSA) is 98.2 Å². The van der Waals surface area contributed by atoms with Crippen LogP contribution in [0.2, 0.25) is 0 Å².